The molecule has 2 aromatic carbocycles. The van der Waals surface area contributed by atoms with E-state index in [1.54, 1.807) is 31.3 Å². The van der Waals surface area contributed by atoms with Gasteiger partial charge in [0.05, 0.1) is 0 Å². The summed E-state index contributed by atoms with van der Waals surface area (Å²) in [6.07, 6.45) is 0.921. The lowest BCUT2D eigenvalue weighted by Crippen LogP contribution is -2.23. The summed E-state index contributed by atoms with van der Waals surface area (Å²) < 4.78 is 5.51. The molecule has 0 aromatic heterocycles. The predicted molar refractivity (Wildman–Crippen MR) is 95.5 cm³/mol. The van der Waals surface area contributed by atoms with Crippen LogP contribution in [0.25, 0.3) is 0 Å². The van der Waals surface area contributed by atoms with Crippen LogP contribution in [0.1, 0.15) is 19.4 Å². The molecule has 0 aliphatic rings. The first-order valence-electron chi connectivity index (χ1n) is 7.85. The topological polar surface area (TPSA) is 58.6 Å². The number of carbonyl (C=O) groups excluding carboxylic acids is 2. The van der Waals surface area contributed by atoms with Crippen molar-refractivity contribution in [1.29, 1.82) is 0 Å². The highest BCUT2D eigenvalue weighted by Crippen LogP contribution is 2.17. The van der Waals surface area contributed by atoms with Crippen molar-refractivity contribution in [2.75, 3.05) is 23.9 Å². The monoisotopic (exact) mass is 326 g/mol. The highest BCUT2D eigenvalue weighted by molar-refractivity contribution is 5.93. The minimum atomic E-state index is -0.232. The number of hydrogen-bond acceptors (Lipinski definition) is 3. The van der Waals surface area contributed by atoms with Gasteiger partial charge < -0.3 is 15.0 Å². The third-order valence-electron chi connectivity index (χ3n) is 3.69. The number of ether oxygens (including phenoxy) is 1. The van der Waals surface area contributed by atoms with Gasteiger partial charge in [-0.3, -0.25) is 9.59 Å². The molecule has 0 fully saturated rings. The number of nitrogens with one attached hydrogen (secondary N) is 1. The van der Waals surface area contributed by atoms with Crippen molar-refractivity contribution in [3.63, 3.8) is 0 Å². The average molecular weight is 326 g/mol. The predicted octanol–water partition coefficient (Wildman–Crippen LogP) is 3.25. The van der Waals surface area contributed by atoms with Gasteiger partial charge in [-0.1, -0.05) is 19.1 Å². The second kappa shape index (κ2) is 8.15. The molecule has 1 N–H and O–H groups in total. The first-order chi connectivity index (χ1) is 11.5. The smallest absolute Gasteiger partial charge is 0.262 e. The summed E-state index contributed by atoms with van der Waals surface area (Å²) >= 11 is 0. The molecule has 5 nitrogen and oxygen atoms in total. The molecule has 5 heteroatoms. The van der Waals surface area contributed by atoms with Crippen LogP contribution in [-0.2, 0) is 16.0 Å². The Labute approximate surface area is 142 Å². The molecule has 0 radical (unpaired) electrons. The molecular formula is C19H22N2O3. The van der Waals surface area contributed by atoms with Crippen LogP contribution in [0.4, 0.5) is 11.4 Å². The maximum absolute atomic E-state index is 12.0. The van der Waals surface area contributed by atoms with Gasteiger partial charge in [-0.2, -0.15) is 0 Å². The van der Waals surface area contributed by atoms with E-state index >= 15 is 0 Å². The van der Waals surface area contributed by atoms with Crippen LogP contribution in [0.2, 0.25) is 0 Å². The van der Waals surface area contributed by atoms with E-state index in [4.69, 9.17) is 4.74 Å². The third kappa shape index (κ3) is 4.84. The van der Waals surface area contributed by atoms with E-state index in [1.165, 1.54) is 11.8 Å². The number of rotatable bonds is 6. The molecule has 0 bridgehead atoms. The number of amides is 2. The standard InChI is InChI=1S/C19H22N2O3/c1-4-15-6-5-7-18(12-15)24-13-19(23)20-16-8-10-17(11-9-16)21(3)14(2)22/h5-12H,4,13H2,1-3H3,(H,20,23). The normalized spacial score (nSPS) is 10.1. The number of anilines is 2. The zero-order valence-electron chi connectivity index (χ0n) is 14.2. The van der Waals surface area contributed by atoms with E-state index in [0.29, 0.717) is 11.4 Å². The van der Waals surface area contributed by atoms with E-state index < -0.39 is 0 Å². The second-order valence-corrected chi connectivity index (χ2v) is 5.46. The summed E-state index contributed by atoms with van der Waals surface area (Å²) in [6.45, 7) is 3.52. The molecule has 0 atom stereocenters. The van der Waals surface area contributed by atoms with E-state index in [1.807, 2.05) is 24.3 Å². The van der Waals surface area contributed by atoms with Gasteiger partial charge in [-0.15, -0.1) is 0 Å². The maximum atomic E-state index is 12.0. The highest BCUT2D eigenvalue weighted by atomic mass is 16.5. The van der Waals surface area contributed by atoms with Crippen molar-refractivity contribution in [1.82, 2.24) is 0 Å². The van der Waals surface area contributed by atoms with Crippen LogP contribution in [0.5, 0.6) is 5.75 Å². The molecule has 0 aliphatic carbocycles. The quantitative estimate of drug-likeness (QED) is 0.886. The SMILES string of the molecule is CCc1cccc(OCC(=O)Nc2ccc(N(C)C(C)=O)cc2)c1. The molecule has 126 valence electrons. The van der Waals surface area contributed by atoms with Gasteiger partial charge in [-0.25, -0.2) is 0 Å². The van der Waals surface area contributed by atoms with Gasteiger partial charge in [0.1, 0.15) is 5.75 Å². The minimum Gasteiger partial charge on any atom is -0.484 e. The fourth-order valence-electron chi connectivity index (χ4n) is 2.15. The Morgan fingerprint density at radius 3 is 2.46 bits per heavy atom. The van der Waals surface area contributed by atoms with Crippen LogP contribution < -0.4 is 15.0 Å². The average Bonchev–Trinajstić information content (AvgIpc) is 2.60. The second-order valence-electron chi connectivity index (χ2n) is 5.46. The van der Waals surface area contributed by atoms with Crippen molar-refractivity contribution in [3.8, 4) is 5.75 Å². The van der Waals surface area contributed by atoms with Gasteiger partial charge in [-0.05, 0) is 48.4 Å². The molecule has 0 heterocycles. The summed E-state index contributed by atoms with van der Waals surface area (Å²) in [7, 11) is 1.70. The van der Waals surface area contributed by atoms with Crippen molar-refractivity contribution in [2.24, 2.45) is 0 Å². The van der Waals surface area contributed by atoms with Gasteiger partial charge in [0.2, 0.25) is 5.91 Å². The van der Waals surface area contributed by atoms with E-state index in [-0.39, 0.29) is 18.4 Å². The highest BCUT2D eigenvalue weighted by Gasteiger charge is 2.07. The minimum absolute atomic E-state index is 0.0468. The van der Waals surface area contributed by atoms with Crippen molar-refractivity contribution < 1.29 is 14.3 Å². The molecule has 2 rings (SSSR count). The molecule has 2 aromatic rings. The number of benzene rings is 2. The Hall–Kier alpha value is -2.82. The fourth-order valence-corrected chi connectivity index (χ4v) is 2.15. The maximum Gasteiger partial charge on any atom is 0.262 e. The largest absolute Gasteiger partial charge is 0.484 e. The third-order valence-corrected chi connectivity index (χ3v) is 3.69. The van der Waals surface area contributed by atoms with Crippen LogP contribution >= 0.6 is 0 Å². The number of hydrogen-bond donors (Lipinski definition) is 1. The Balaban J connectivity index is 1.89. The van der Waals surface area contributed by atoms with E-state index in [2.05, 4.69) is 12.2 Å². The molecule has 0 aliphatic heterocycles. The molecule has 0 saturated heterocycles. The van der Waals surface area contributed by atoms with Gasteiger partial charge in [0.15, 0.2) is 6.61 Å². The number of carbonyl (C=O) groups is 2. The van der Waals surface area contributed by atoms with E-state index in [0.717, 1.165) is 17.7 Å². The first-order valence-corrected chi connectivity index (χ1v) is 7.85. The van der Waals surface area contributed by atoms with Crippen LogP contribution in [0, 0.1) is 0 Å². The summed E-state index contributed by atoms with van der Waals surface area (Å²) in [5, 5.41) is 2.77. The van der Waals surface area contributed by atoms with Gasteiger partial charge in [0, 0.05) is 25.3 Å². The van der Waals surface area contributed by atoms with Crippen molar-refractivity contribution in [3.05, 3.63) is 54.1 Å². The van der Waals surface area contributed by atoms with Gasteiger partial charge >= 0.3 is 0 Å². The van der Waals surface area contributed by atoms with Crippen LogP contribution in [-0.4, -0.2) is 25.5 Å². The molecule has 0 spiro atoms. The number of aryl methyl sites for hydroxylation is 1. The number of nitrogens with zero attached hydrogens (tertiary/aromatic N) is 1. The molecule has 0 unspecified atom stereocenters. The fraction of sp³-hybridized carbons (Fsp3) is 0.263. The van der Waals surface area contributed by atoms with Gasteiger partial charge in [0.25, 0.3) is 5.91 Å². The first kappa shape index (κ1) is 17.5. The lowest BCUT2D eigenvalue weighted by atomic mass is 10.2. The summed E-state index contributed by atoms with van der Waals surface area (Å²) in [4.78, 5) is 24.8. The summed E-state index contributed by atoms with van der Waals surface area (Å²) in [6, 6.07) is 14.8. The van der Waals surface area contributed by atoms with Crippen molar-refractivity contribution >= 4 is 23.2 Å². The van der Waals surface area contributed by atoms with Crippen molar-refractivity contribution in [2.45, 2.75) is 20.3 Å². The Morgan fingerprint density at radius 1 is 1.12 bits per heavy atom. The molecule has 24 heavy (non-hydrogen) atoms. The Bertz CT molecular complexity index is 711. The van der Waals surface area contributed by atoms with Crippen LogP contribution in [0.3, 0.4) is 0 Å². The molecule has 2 amide bonds. The molecule has 0 saturated carbocycles. The van der Waals surface area contributed by atoms with Crippen LogP contribution in [0.15, 0.2) is 48.5 Å². The zero-order valence-corrected chi connectivity index (χ0v) is 14.2. The lowest BCUT2D eigenvalue weighted by molar-refractivity contribution is -0.118. The lowest BCUT2D eigenvalue weighted by Gasteiger charge is -2.15. The summed E-state index contributed by atoms with van der Waals surface area (Å²) in [5.74, 6) is 0.405. The zero-order chi connectivity index (χ0) is 17.5. The Kier molecular flexibility index (Phi) is 5.95. The Morgan fingerprint density at radius 2 is 1.83 bits per heavy atom. The molecular weight excluding hydrogens is 304 g/mol. The summed E-state index contributed by atoms with van der Waals surface area (Å²) in [5.41, 5.74) is 2.60. The van der Waals surface area contributed by atoms with E-state index in [9.17, 15) is 9.59 Å².